The summed E-state index contributed by atoms with van der Waals surface area (Å²) in [4.78, 5) is 8.19. The third-order valence-corrected chi connectivity index (χ3v) is 6.48. The molecule has 3 rings (SSSR count). The van der Waals surface area contributed by atoms with Gasteiger partial charge in [0.25, 0.3) is 0 Å². The number of nitrogens with zero attached hydrogens (tertiary/aromatic N) is 2. The van der Waals surface area contributed by atoms with Crippen LogP contribution in [0.4, 0.5) is 11.4 Å². The van der Waals surface area contributed by atoms with Gasteiger partial charge in [-0.2, -0.15) is 0 Å². The summed E-state index contributed by atoms with van der Waals surface area (Å²) in [5.41, 5.74) is 2.23. The molecule has 2 nitrogen and oxygen atoms in total. The number of rotatable bonds is 1. The van der Waals surface area contributed by atoms with Crippen molar-refractivity contribution in [2.45, 2.75) is 4.90 Å². The molecule has 0 saturated heterocycles. The van der Waals surface area contributed by atoms with Gasteiger partial charge in [0.15, 0.2) is 0 Å². The molecule has 0 spiro atoms. The maximum Gasteiger partial charge on any atom is 0.101 e. The highest BCUT2D eigenvalue weighted by Gasteiger charge is 2.12. The molecule has 92 valence electrons. The minimum absolute atomic E-state index is 0.0748. The number of fused-ring (bicyclic) bond motifs is 2. The first kappa shape index (κ1) is 11.9. The van der Waals surface area contributed by atoms with E-state index in [4.69, 9.17) is 4.99 Å². The summed E-state index contributed by atoms with van der Waals surface area (Å²) in [5.74, 6) is 0. The van der Waals surface area contributed by atoms with Gasteiger partial charge in [-0.25, -0.2) is 4.99 Å². The minimum Gasteiger partial charge on any atom is -0.376 e. The van der Waals surface area contributed by atoms with Crippen LogP contribution in [0.5, 0.6) is 0 Å². The van der Waals surface area contributed by atoms with Crippen LogP contribution in [0.2, 0.25) is 0 Å². The van der Waals surface area contributed by atoms with E-state index in [0.717, 1.165) is 11.0 Å². The quantitative estimate of drug-likeness (QED) is 0.727. The summed E-state index contributed by atoms with van der Waals surface area (Å²) in [7, 11) is 4.03. The number of para-hydroxylation sites is 2. The van der Waals surface area contributed by atoms with Gasteiger partial charge in [-0.05, 0) is 39.1 Å². The minimum atomic E-state index is -0.0748. The molecule has 0 saturated carbocycles. The molecule has 1 unspecified atom stereocenters. The Labute approximate surface area is 116 Å². The highest BCUT2D eigenvalue weighted by molar-refractivity contribution is 9.52. The average molecular weight is 321 g/mol. The van der Waals surface area contributed by atoms with Gasteiger partial charge in [-0.1, -0.05) is 27.1 Å². The fraction of sp³-hybridized carbons (Fsp3) is 0.143. The molecule has 0 amide bonds. The van der Waals surface area contributed by atoms with Crippen LogP contribution in [-0.4, -0.2) is 14.1 Å². The first-order valence-corrected chi connectivity index (χ1v) is 8.77. The molecule has 4 heteroatoms. The fourth-order valence-electron chi connectivity index (χ4n) is 2.07. The van der Waals surface area contributed by atoms with Crippen LogP contribution < -0.4 is 10.3 Å². The standard InChI is InChI=1S/C14H13BrN2S/c1-17(2)11-7-5-9-13-14(11)16-10-6-3-4-8-12(10)18(13)15/h3-9H,1-2H3. The largest absolute Gasteiger partial charge is 0.376 e. The molecule has 0 bridgehead atoms. The van der Waals surface area contributed by atoms with E-state index < -0.39 is 0 Å². The Balaban J connectivity index is 2.45. The van der Waals surface area contributed by atoms with E-state index >= 15 is 0 Å². The normalized spacial score (nSPS) is 16.5. The van der Waals surface area contributed by atoms with Crippen molar-refractivity contribution >= 4 is 35.1 Å². The van der Waals surface area contributed by atoms with Crippen LogP contribution in [0.1, 0.15) is 0 Å². The second-order valence-electron chi connectivity index (χ2n) is 4.35. The van der Waals surface area contributed by atoms with E-state index in [1.165, 1.54) is 15.1 Å². The zero-order chi connectivity index (χ0) is 12.7. The van der Waals surface area contributed by atoms with Crippen molar-refractivity contribution in [2.75, 3.05) is 19.0 Å². The van der Waals surface area contributed by atoms with E-state index in [-0.39, 0.29) is 8.92 Å². The SMILES string of the molecule is CN(C)c1cccc2c1=Nc1ccccc1S=2Br. The lowest BCUT2D eigenvalue weighted by Gasteiger charge is -2.17. The summed E-state index contributed by atoms with van der Waals surface area (Å²) in [5, 5.41) is 1.08. The molecule has 0 fully saturated rings. The van der Waals surface area contributed by atoms with Gasteiger partial charge in [-0.3, -0.25) is 0 Å². The van der Waals surface area contributed by atoms with Crippen LogP contribution in [-0.2, 0) is 0 Å². The molecule has 0 N–H and O–H groups in total. The lowest BCUT2D eigenvalue weighted by Crippen LogP contribution is -2.20. The first-order valence-electron chi connectivity index (χ1n) is 5.70. The number of anilines is 1. The Morgan fingerprint density at radius 1 is 1.06 bits per heavy atom. The summed E-state index contributed by atoms with van der Waals surface area (Å²) in [6, 6.07) is 14.7. The van der Waals surface area contributed by atoms with E-state index in [1.54, 1.807) is 0 Å². The Hall–Kier alpha value is -1.13. The molecular formula is C14H13BrN2S. The molecule has 0 radical (unpaired) electrons. The topological polar surface area (TPSA) is 15.6 Å². The van der Waals surface area contributed by atoms with Gasteiger partial charge in [0.05, 0.1) is 11.4 Å². The van der Waals surface area contributed by atoms with Crippen molar-refractivity contribution in [3.8, 4) is 0 Å². The maximum atomic E-state index is 4.82. The Bertz CT molecular complexity index is 738. The van der Waals surface area contributed by atoms with Gasteiger partial charge < -0.3 is 4.90 Å². The Kier molecular flexibility index (Phi) is 2.99. The summed E-state index contributed by atoms with van der Waals surface area (Å²) in [6.07, 6.45) is 0. The number of hydrogen-bond acceptors (Lipinski definition) is 2. The van der Waals surface area contributed by atoms with Gasteiger partial charge in [0, 0.05) is 23.5 Å². The Morgan fingerprint density at radius 2 is 1.83 bits per heavy atom. The van der Waals surface area contributed by atoms with Crippen molar-refractivity contribution in [3.05, 3.63) is 52.3 Å². The molecule has 1 heterocycles. The van der Waals surface area contributed by atoms with Crippen LogP contribution in [0.3, 0.4) is 0 Å². The van der Waals surface area contributed by atoms with Crippen molar-refractivity contribution in [3.63, 3.8) is 0 Å². The van der Waals surface area contributed by atoms with E-state index in [0.29, 0.717) is 0 Å². The molecule has 2 aromatic rings. The van der Waals surface area contributed by atoms with Crippen LogP contribution in [0.15, 0.2) is 52.4 Å². The molecule has 18 heavy (non-hydrogen) atoms. The zero-order valence-electron chi connectivity index (χ0n) is 10.2. The predicted molar refractivity (Wildman–Crippen MR) is 81.6 cm³/mol. The average Bonchev–Trinajstić information content (AvgIpc) is 2.38. The molecule has 1 aliphatic heterocycles. The summed E-state index contributed by atoms with van der Waals surface area (Å²) < 4.78 is 1.26. The van der Waals surface area contributed by atoms with Crippen LogP contribution in [0, 0.1) is 4.51 Å². The molecule has 1 atom stereocenters. The zero-order valence-corrected chi connectivity index (χ0v) is 12.6. The summed E-state index contributed by atoms with van der Waals surface area (Å²) in [6.45, 7) is 0. The van der Waals surface area contributed by atoms with Gasteiger partial charge in [0.1, 0.15) is 5.36 Å². The molecule has 0 aliphatic carbocycles. The van der Waals surface area contributed by atoms with Crippen LogP contribution in [0.25, 0.3) is 0 Å². The highest BCUT2D eigenvalue weighted by Crippen LogP contribution is 2.43. The van der Waals surface area contributed by atoms with Gasteiger partial charge >= 0.3 is 0 Å². The third kappa shape index (κ3) is 1.80. The molecular weight excluding hydrogens is 308 g/mol. The van der Waals surface area contributed by atoms with Crippen molar-refractivity contribution in [1.82, 2.24) is 0 Å². The van der Waals surface area contributed by atoms with E-state index in [2.05, 4.69) is 70.2 Å². The molecule has 2 aromatic carbocycles. The number of hydrogen-bond donors (Lipinski definition) is 0. The van der Waals surface area contributed by atoms with Crippen molar-refractivity contribution < 1.29 is 0 Å². The highest BCUT2D eigenvalue weighted by atomic mass is 79.9. The van der Waals surface area contributed by atoms with E-state index in [1.807, 2.05) is 6.07 Å². The van der Waals surface area contributed by atoms with Crippen molar-refractivity contribution in [1.29, 1.82) is 0 Å². The monoisotopic (exact) mass is 320 g/mol. The number of benzene rings is 2. The lowest BCUT2D eigenvalue weighted by atomic mass is 10.2. The second kappa shape index (κ2) is 4.52. The van der Waals surface area contributed by atoms with Crippen LogP contribution >= 0.6 is 23.7 Å². The lowest BCUT2D eigenvalue weighted by molar-refractivity contribution is 1.09. The maximum absolute atomic E-state index is 4.82. The smallest absolute Gasteiger partial charge is 0.101 e. The first-order chi connectivity index (χ1) is 8.68. The molecule has 1 aliphatic rings. The third-order valence-electron chi connectivity index (χ3n) is 2.94. The van der Waals surface area contributed by atoms with Gasteiger partial charge in [-0.15, -0.1) is 0 Å². The Morgan fingerprint density at radius 3 is 2.61 bits per heavy atom. The van der Waals surface area contributed by atoms with Gasteiger partial charge in [0.2, 0.25) is 0 Å². The van der Waals surface area contributed by atoms with E-state index in [9.17, 15) is 0 Å². The summed E-state index contributed by atoms with van der Waals surface area (Å²) >= 11 is 3.82. The second-order valence-corrected chi connectivity index (χ2v) is 7.69. The van der Waals surface area contributed by atoms with Crippen molar-refractivity contribution in [2.24, 2.45) is 4.99 Å². The fourth-order valence-corrected chi connectivity index (χ4v) is 4.92. The number of halogens is 1. The predicted octanol–water partition coefficient (Wildman–Crippen LogP) is 3.91. The molecule has 0 aromatic heterocycles.